The van der Waals surface area contributed by atoms with E-state index in [2.05, 4.69) is 31.0 Å². The van der Waals surface area contributed by atoms with E-state index in [-0.39, 0.29) is 0 Å². The van der Waals surface area contributed by atoms with Gasteiger partial charge in [-0.15, -0.1) is 0 Å². The van der Waals surface area contributed by atoms with Gasteiger partial charge in [0.2, 0.25) is 0 Å². The summed E-state index contributed by atoms with van der Waals surface area (Å²) in [5.41, 5.74) is 0. The maximum absolute atomic E-state index is 5.90. The smallest absolute Gasteiger partial charge is 0.0702 e. The summed E-state index contributed by atoms with van der Waals surface area (Å²) < 4.78 is 5.90. The Hall–Kier alpha value is -0.120. The lowest BCUT2D eigenvalue weighted by Gasteiger charge is -2.35. The summed E-state index contributed by atoms with van der Waals surface area (Å²) in [5.74, 6) is 0. The van der Waals surface area contributed by atoms with Gasteiger partial charge < -0.3 is 10.1 Å². The fourth-order valence-corrected chi connectivity index (χ4v) is 2.60. The molecule has 2 unspecified atom stereocenters. The summed E-state index contributed by atoms with van der Waals surface area (Å²) in [6.07, 6.45) is 6.58. The van der Waals surface area contributed by atoms with Gasteiger partial charge in [0.1, 0.15) is 0 Å². The summed E-state index contributed by atoms with van der Waals surface area (Å²) in [5, 5.41) is 3.64. The average Bonchev–Trinajstić information content (AvgIpc) is 2.41. The quantitative estimate of drug-likeness (QED) is 0.686. The highest BCUT2D eigenvalue weighted by Crippen LogP contribution is 2.14. The van der Waals surface area contributed by atoms with E-state index in [1.54, 1.807) is 0 Å². The second-order valence-corrected chi connectivity index (χ2v) is 5.45. The van der Waals surface area contributed by atoms with Crippen LogP contribution in [0.5, 0.6) is 0 Å². The predicted octanol–water partition coefficient (Wildman–Crippen LogP) is 2.66. The highest BCUT2D eigenvalue weighted by atomic mass is 16.5. The number of nitrogens with zero attached hydrogens (tertiary/aromatic N) is 1. The molecule has 0 bridgehead atoms. The third-order valence-electron chi connectivity index (χ3n) is 3.67. The molecule has 0 aromatic heterocycles. The molecular formula is C15H32N2O. The van der Waals surface area contributed by atoms with Crippen LogP contribution in [0.25, 0.3) is 0 Å². The van der Waals surface area contributed by atoms with Crippen LogP contribution in [-0.4, -0.2) is 49.8 Å². The normalized spacial score (nSPS) is 23.2. The van der Waals surface area contributed by atoms with Gasteiger partial charge in [-0.1, -0.05) is 20.8 Å². The first-order valence-corrected chi connectivity index (χ1v) is 7.87. The molecule has 0 amide bonds. The number of rotatable bonds is 9. The fraction of sp³-hybridized carbons (Fsp3) is 1.00. The molecule has 0 aromatic carbocycles. The molecule has 1 fully saturated rings. The van der Waals surface area contributed by atoms with E-state index < -0.39 is 0 Å². The second-order valence-electron chi connectivity index (χ2n) is 5.45. The molecule has 1 saturated heterocycles. The third-order valence-corrected chi connectivity index (χ3v) is 3.67. The van der Waals surface area contributed by atoms with Crippen molar-refractivity contribution in [3.8, 4) is 0 Å². The van der Waals surface area contributed by atoms with Crippen LogP contribution >= 0.6 is 0 Å². The lowest BCUT2D eigenvalue weighted by Crippen LogP contribution is -2.47. The molecule has 1 aliphatic rings. The molecule has 1 N–H and O–H groups in total. The molecule has 18 heavy (non-hydrogen) atoms. The Labute approximate surface area is 113 Å². The number of hydrogen-bond acceptors (Lipinski definition) is 3. The summed E-state index contributed by atoms with van der Waals surface area (Å²) in [4.78, 5) is 2.58. The Balaban J connectivity index is 2.26. The van der Waals surface area contributed by atoms with E-state index in [0.717, 1.165) is 26.1 Å². The van der Waals surface area contributed by atoms with Gasteiger partial charge in [-0.3, -0.25) is 4.90 Å². The Morgan fingerprint density at radius 3 is 2.78 bits per heavy atom. The van der Waals surface area contributed by atoms with Crippen molar-refractivity contribution in [1.82, 2.24) is 10.2 Å². The SMILES string of the molecule is CCCNC(CC)CN1CCCC(OCCC)C1. The van der Waals surface area contributed by atoms with Gasteiger partial charge in [0, 0.05) is 25.7 Å². The number of likely N-dealkylation sites (tertiary alicyclic amines) is 1. The van der Waals surface area contributed by atoms with E-state index in [1.807, 2.05) is 0 Å². The summed E-state index contributed by atoms with van der Waals surface area (Å²) in [7, 11) is 0. The molecule has 0 saturated carbocycles. The third kappa shape index (κ3) is 6.17. The lowest BCUT2D eigenvalue weighted by atomic mass is 10.1. The maximum Gasteiger partial charge on any atom is 0.0702 e. The van der Waals surface area contributed by atoms with Gasteiger partial charge in [-0.05, 0) is 45.2 Å². The van der Waals surface area contributed by atoms with Crippen LogP contribution in [0, 0.1) is 0 Å². The van der Waals surface area contributed by atoms with E-state index >= 15 is 0 Å². The summed E-state index contributed by atoms with van der Waals surface area (Å²) in [6.45, 7) is 12.3. The first kappa shape index (κ1) is 15.9. The molecule has 108 valence electrons. The van der Waals surface area contributed by atoms with Crippen molar-refractivity contribution in [2.24, 2.45) is 0 Å². The Kier molecular flexibility index (Phi) is 8.64. The van der Waals surface area contributed by atoms with Crippen molar-refractivity contribution in [2.75, 3.05) is 32.8 Å². The van der Waals surface area contributed by atoms with Crippen LogP contribution in [0.1, 0.15) is 52.9 Å². The topological polar surface area (TPSA) is 24.5 Å². The van der Waals surface area contributed by atoms with Crippen molar-refractivity contribution >= 4 is 0 Å². The van der Waals surface area contributed by atoms with Crippen molar-refractivity contribution in [1.29, 1.82) is 0 Å². The first-order chi connectivity index (χ1) is 8.80. The van der Waals surface area contributed by atoms with Crippen molar-refractivity contribution < 1.29 is 4.74 Å². The standard InChI is InChI=1S/C15H32N2O/c1-4-9-16-14(6-3)12-17-10-7-8-15(13-17)18-11-5-2/h14-16H,4-13H2,1-3H3. The molecule has 1 heterocycles. The van der Waals surface area contributed by atoms with Gasteiger partial charge in [-0.25, -0.2) is 0 Å². The Morgan fingerprint density at radius 2 is 2.11 bits per heavy atom. The summed E-state index contributed by atoms with van der Waals surface area (Å²) >= 11 is 0. The van der Waals surface area contributed by atoms with Crippen LogP contribution in [0.15, 0.2) is 0 Å². The molecule has 1 rings (SSSR count). The van der Waals surface area contributed by atoms with Crippen molar-refractivity contribution in [2.45, 2.75) is 65.0 Å². The minimum Gasteiger partial charge on any atom is -0.377 e. The second kappa shape index (κ2) is 9.76. The van der Waals surface area contributed by atoms with E-state index in [9.17, 15) is 0 Å². The van der Waals surface area contributed by atoms with Crippen LogP contribution < -0.4 is 5.32 Å². The molecule has 3 nitrogen and oxygen atoms in total. The van der Waals surface area contributed by atoms with Gasteiger partial charge in [0.05, 0.1) is 6.10 Å². The predicted molar refractivity (Wildman–Crippen MR) is 78.1 cm³/mol. The van der Waals surface area contributed by atoms with E-state index in [4.69, 9.17) is 4.74 Å². The minimum atomic E-state index is 0.474. The lowest BCUT2D eigenvalue weighted by molar-refractivity contribution is -0.00232. The van der Waals surface area contributed by atoms with E-state index in [1.165, 1.54) is 38.8 Å². The molecule has 0 aromatic rings. The molecule has 2 atom stereocenters. The first-order valence-electron chi connectivity index (χ1n) is 7.87. The van der Waals surface area contributed by atoms with Gasteiger partial charge in [-0.2, -0.15) is 0 Å². The molecular weight excluding hydrogens is 224 g/mol. The number of piperidine rings is 1. The largest absolute Gasteiger partial charge is 0.377 e. The zero-order valence-corrected chi connectivity index (χ0v) is 12.6. The monoisotopic (exact) mass is 256 g/mol. The van der Waals surface area contributed by atoms with Gasteiger partial charge >= 0.3 is 0 Å². The van der Waals surface area contributed by atoms with Crippen LogP contribution in [0.3, 0.4) is 0 Å². The van der Waals surface area contributed by atoms with Crippen LogP contribution in [0.4, 0.5) is 0 Å². The van der Waals surface area contributed by atoms with Crippen molar-refractivity contribution in [3.63, 3.8) is 0 Å². The molecule has 0 aliphatic carbocycles. The van der Waals surface area contributed by atoms with Gasteiger partial charge in [0.15, 0.2) is 0 Å². The van der Waals surface area contributed by atoms with Crippen LogP contribution in [-0.2, 0) is 4.74 Å². The molecule has 0 spiro atoms. The van der Waals surface area contributed by atoms with Gasteiger partial charge in [0.25, 0.3) is 0 Å². The minimum absolute atomic E-state index is 0.474. The zero-order valence-electron chi connectivity index (χ0n) is 12.6. The highest BCUT2D eigenvalue weighted by molar-refractivity contribution is 4.78. The highest BCUT2D eigenvalue weighted by Gasteiger charge is 2.21. The molecule has 1 aliphatic heterocycles. The van der Waals surface area contributed by atoms with E-state index in [0.29, 0.717) is 12.1 Å². The van der Waals surface area contributed by atoms with Crippen molar-refractivity contribution in [3.05, 3.63) is 0 Å². The molecule has 3 heteroatoms. The average molecular weight is 256 g/mol. The fourth-order valence-electron chi connectivity index (χ4n) is 2.60. The maximum atomic E-state index is 5.90. The Morgan fingerprint density at radius 1 is 1.28 bits per heavy atom. The summed E-state index contributed by atoms with van der Waals surface area (Å²) in [6, 6.07) is 0.648. The van der Waals surface area contributed by atoms with Crippen LogP contribution in [0.2, 0.25) is 0 Å². The number of ether oxygens (including phenoxy) is 1. The number of hydrogen-bond donors (Lipinski definition) is 1. The zero-order chi connectivity index (χ0) is 13.2. The molecule has 0 radical (unpaired) electrons. The number of nitrogens with one attached hydrogen (secondary N) is 1. The Bertz CT molecular complexity index is 199.